The summed E-state index contributed by atoms with van der Waals surface area (Å²) >= 11 is 0. The second-order valence-electron chi connectivity index (χ2n) is 7.14. The highest BCUT2D eigenvalue weighted by Gasteiger charge is 2.32. The number of hydrogen-bond donors (Lipinski definition) is 0. The number of halogens is 1. The Hall–Kier alpha value is -2.28. The van der Waals surface area contributed by atoms with E-state index in [-0.39, 0.29) is 17.8 Å². The van der Waals surface area contributed by atoms with E-state index in [1.807, 2.05) is 17.0 Å². The molecule has 3 heterocycles. The molecule has 1 aromatic carbocycles. The molecule has 2 aliphatic heterocycles. The molecule has 0 radical (unpaired) electrons. The number of hydrogen-bond acceptors (Lipinski definition) is 4. The molecule has 7 heteroatoms. The van der Waals surface area contributed by atoms with Gasteiger partial charge in [0.05, 0.1) is 6.04 Å². The summed E-state index contributed by atoms with van der Waals surface area (Å²) in [6, 6.07) is 6.95. The fraction of sp³-hybridized carbons (Fsp3) is 0.526. The van der Waals surface area contributed by atoms with Crippen LogP contribution in [0.2, 0.25) is 0 Å². The van der Waals surface area contributed by atoms with Crippen molar-refractivity contribution < 1.29 is 9.18 Å². The minimum absolute atomic E-state index is 0.115. The summed E-state index contributed by atoms with van der Waals surface area (Å²) in [7, 11) is 0. The van der Waals surface area contributed by atoms with Gasteiger partial charge in [0.2, 0.25) is 5.91 Å². The van der Waals surface area contributed by atoms with Gasteiger partial charge in [0.25, 0.3) is 0 Å². The zero-order valence-electron chi connectivity index (χ0n) is 15.1. The molecule has 26 heavy (non-hydrogen) atoms. The van der Waals surface area contributed by atoms with Crippen molar-refractivity contribution in [3.05, 3.63) is 47.3 Å². The molecule has 4 rings (SSSR count). The van der Waals surface area contributed by atoms with E-state index in [0.717, 1.165) is 56.1 Å². The first kappa shape index (κ1) is 17.1. The fourth-order valence-electron chi connectivity index (χ4n) is 4.04. The van der Waals surface area contributed by atoms with E-state index in [1.54, 1.807) is 6.92 Å². The maximum absolute atomic E-state index is 13.2. The molecule has 1 fully saturated rings. The predicted octanol–water partition coefficient (Wildman–Crippen LogP) is 2.16. The van der Waals surface area contributed by atoms with Crippen molar-refractivity contribution in [3.8, 4) is 0 Å². The third kappa shape index (κ3) is 3.35. The lowest BCUT2D eigenvalue weighted by Gasteiger charge is -2.24. The first-order valence-electron chi connectivity index (χ1n) is 9.28. The van der Waals surface area contributed by atoms with Crippen LogP contribution in [0.15, 0.2) is 24.3 Å². The molecule has 1 amide bonds. The van der Waals surface area contributed by atoms with Gasteiger partial charge in [-0.3, -0.25) is 9.69 Å². The van der Waals surface area contributed by atoms with Gasteiger partial charge in [-0.1, -0.05) is 12.1 Å². The quantitative estimate of drug-likeness (QED) is 0.845. The highest BCUT2D eigenvalue weighted by atomic mass is 19.1. The van der Waals surface area contributed by atoms with Crippen molar-refractivity contribution in [1.29, 1.82) is 0 Å². The summed E-state index contributed by atoms with van der Waals surface area (Å²) in [5.41, 5.74) is 1.11. The second kappa shape index (κ2) is 7.15. The highest BCUT2D eigenvalue weighted by molar-refractivity contribution is 5.73. The number of aromatic nitrogens is 3. The Morgan fingerprint density at radius 1 is 1.15 bits per heavy atom. The van der Waals surface area contributed by atoms with E-state index in [4.69, 9.17) is 0 Å². The lowest BCUT2D eigenvalue weighted by molar-refractivity contribution is -0.128. The maximum atomic E-state index is 13.2. The number of nitrogens with zero attached hydrogens (tertiary/aromatic N) is 5. The van der Waals surface area contributed by atoms with Crippen LogP contribution in [0, 0.1) is 5.82 Å². The molecule has 0 spiro atoms. The van der Waals surface area contributed by atoms with E-state index in [9.17, 15) is 9.18 Å². The molecule has 0 bridgehead atoms. The summed E-state index contributed by atoms with van der Waals surface area (Å²) in [4.78, 5) is 16.0. The molecule has 0 aliphatic carbocycles. The molecule has 0 N–H and O–H groups in total. The number of fused-ring (bicyclic) bond motifs is 1. The van der Waals surface area contributed by atoms with Gasteiger partial charge in [-0.15, -0.1) is 10.2 Å². The van der Waals surface area contributed by atoms with E-state index >= 15 is 0 Å². The molecule has 1 unspecified atom stereocenters. The summed E-state index contributed by atoms with van der Waals surface area (Å²) in [6.07, 6.45) is 2.92. The number of amides is 1. The van der Waals surface area contributed by atoms with Gasteiger partial charge in [-0.25, -0.2) is 4.39 Å². The van der Waals surface area contributed by atoms with E-state index in [1.165, 1.54) is 12.1 Å². The summed E-state index contributed by atoms with van der Waals surface area (Å²) in [5.74, 6) is 1.89. The topological polar surface area (TPSA) is 54.3 Å². The number of likely N-dealkylation sites (tertiary alicyclic amines) is 1. The molecule has 138 valence electrons. The van der Waals surface area contributed by atoms with E-state index in [0.29, 0.717) is 13.1 Å². The number of rotatable bonds is 3. The normalized spacial score (nSPS) is 20.8. The van der Waals surface area contributed by atoms with Crippen molar-refractivity contribution in [2.24, 2.45) is 0 Å². The van der Waals surface area contributed by atoms with Crippen molar-refractivity contribution in [2.75, 3.05) is 19.6 Å². The average Bonchev–Trinajstić information content (AvgIpc) is 3.17. The summed E-state index contributed by atoms with van der Waals surface area (Å²) in [5, 5.41) is 8.91. The third-order valence-corrected chi connectivity index (χ3v) is 5.46. The molecule has 1 atom stereocenters. The molecule has 2 aromatic rings. The van der Waals surface area contributed by atoms with Gasteiger partial charge in [0.15, 0.2) is 0 Å². The third-order valence-electron chi connectivity index (χ3n) is 5.46. The smallest absolute Gasteiger partial charge is 0.219 e. The van der Waals surface area contributed by atoms with Crippen LogP contribution in [0.25, 0.3) is 0 Å². The Balaban J connectivity index is 1.53. The molecule has 1 saturated heterocycles. The van der Waals surface area contributed by atoms with Crippen LogP contribution in [0.5, 0.6) is 0 Å². The molecular weight excluding hydrogens is 333 g/mol. The molecular formula is C19H24FN5O. The van der Waals surface area contributed by atoms with Crippen LogP contribution >= 0.6 is 0 Å². The minimum Gasteiger partial charge on any atom is -0.341 e. The van der Waals surface area contributed by atoms with Gasteiger partial charge < -0.3 is 9.47 Å². The van der Waals surface area contributed by atoms with Gasteiger partial charge in [0, 0.05) is 39.5 Å². The van der Waals surface area contributed by atoms with Crippen LogP contribution in [-0.2, 0) is 24.3 Å². The minimum atomic E-state index is -0.204. The largest absolute Gasteiger partial charge is 0.341 e. The SMILES string of the molecule is CC(=O)N1CCc2nnc(C3CCCN3Cc3ccc(F)cc3)n2CC1. The van der Waals surface area contributed by atoms with E-state index in [2.05, 4.69) is 19.7 Å². The highest BCUT2D eigenvalue weighted by Crippen LogP contribution is 2.33. The average molecular weight is 357 g/mol. The number of benzene rings is 1. The lowest BCUT2D eigenvalue weighted by atomic mass is 10.1. The second-order valence-corrected chi connectivity index (χ2v) is 7.14. The molecule has 0 saturated carbocycles. The van der Waals surface area contributed by atoms with Crippen LogP contribution in [0.4, 0.5) is 4.39 Å². The standard InChI is InChI=1S/C19H24FN5O/c1-14(26)23-10-8-18-21-22-19(25(18)12-11-23)17-3-2-9-24(17)13-15-4-6-16(20)7-5-15/h4-7,17H,2-3,8-13H2,1H3. The van der Waals surface area contributed by atoms with E-state index < -0.39 is 0 Å². The zero-order valence-corrected chi connectivity index (χ0v) is 15.1. The van der Waals surface area contributed by atoms with Crippen LogP contribution in [0.3, 0.4) is 0 Å². The Morgan fingerprint density at radius 3 is 2.73 bits per heavy atom. The molecule has 1 aromatic heterocycles. The number of carbonyl (C=O) groups excluding carboxylic acids is 1. The summed E-state index contributed by atoms with van der Waals surface area (Å²) < 4.78 is 15.4. The molecule has 2 aliphatic rings. The van der Waals surface area contributed by atoms with Crippen molar-refractivity contribution in [3.63, 3.8) is 0 Å². The monoisotopic (exact) mass is 357 g/mol. The lowest BCUT2D eigenvalue weighted by Crippen LogP contribution is -2.32. The van der Waals surface area contributed by atoms with Gasteiger partial charge in [0.1, 0.15) is 17.5 Å². The van der Waals surface area contributed by atoms with Crippen LogP contribution < -0.4 is 0 Å². The van der Waals surface area contributed by atoms with Gasteiger partial charge in [-0.2, -0.15) is 0 Å². The molecule has 6 nitrogen and oxygen atoms in total. The Bertz CT molecular complexity index is 788. The van der Waals surface area contributed by atoms with Crippen molar-refractivity contribution in [2.45, 2.75) is 45.3 Å². The first-order valence-corrected chi connectivity index (χ1v) is 9.28. The van der Waals surface area contributed by atoms with Gasteiger partial charge >= 0.3 is 0 Å². The van der Waals surface area contributed by atoms with Crippen molar-refractivity contribution >= 4 is 5.91 Å². The van der Waals surface area contributed by atoms with Crippen molar-refractivity contribution in [1.82, 2.24) is 24.6 Å². The van der Waals surface area contributed by atoms with Gasteiger partial charge in [-0.05, 0) is 37.1 Å². The predicted molar refractivity (Wildman–Crippen MR) is 94.8 cm³/mol. The Kier molecular flexibility index (Phi) is 4.72. The van der Waals surface area contributed by atoms with Crippen LogP contribution in [-0.4, -0.2) is 50.1 Å². The Morgan fingerprint density at radius 2 is 1.96 bits per heavy atom. The maximum Gasteiger partial charge on any atom is 0.219 e. The van der Waals surface area contributed by atoms with Crippen LogP contribution in [0.1, 0.15) is 43.0 Å². The first-order chi connectivity index (χ1) is 12.6. The number of carbonyl (C=O) groups is 1. The fourth-order valence-corrected chi connectivity index (χ4v) is 4.04. The zero-order chi connectivity index (χ0) is 18.1. The summed E-state index contributed by atoms with van der Waals surface area (Å²) in [6.45, 7) is 5.57. The Labute approximate surface area is 152 Å².